The zero-order valence-electron chi connectivity index (χ0n) is 9.99. The molecule has 5 nitrogen and oxygen atoms in total. The maximum Gasteiger partial charge on any atom is 0.278 e. The van der Waals surface area contributed by atoms with Gasteiger partial charge in [0.25, 0.3) is 12.1 Å². The first-order chi connectivity index (χ1) is 9.50. The molecule has 0 fully saturated rings. The normalized spacial score (nSPS) is 10.6. The molecule has 1 heterocycles. The summed E-state index contributed by atoms with van der Waals surface area (Å²) in [5.74, 6) is -0.567. The maximum atomic E-state index is 12.8. The number of benzene rings is 1. The third-order valence-corrected chi connectivity index (χ3v) is 2.62. The van der Waals surface area contributed by atoms with Crippen LogP contribution in [0.1, 0.15) is 28.0 Å². The Balaban J connectivity index is 2.47. The molecule has 0 amide bonds. The van der Waals surface area contributed by atoms with Crippen LogP contribution in [0.2, 0.25) is 0 Å². The van der Waals surface area contributed by atoms with Gasteiger partial charge in [-0.3, -0.25) is 19.9 Å². The molecule has 7 heteroatoms. The van der Waals surface area contributed by atoms with E-state index in [2.05, 4.69) is 4.98 Å². The molecule has 1 aromatic carbocycles. The summed E-state index contributed by atoms with van der Waals surface area (Å²) >= 11 is 0. The third-order valence-electron chi connectivity index (χ3n) is 2.62. The third kappa shape index (κ3) is 2.66. The summed E-state index contributed by atoms with van der Waals surface area (Å²) in [6.45, 7) is 0. The molecular formula is C13H8F2N2O3. The van der Waals surface area contributed by atoms with Crippen molar-refractivity contribution in [3.8, 4) is 0 Å². The van der Waals surface area contributed by atoms with Crippen LogP contribution in [0.5, 0.6) is 0 Å². The molecule has 0 aliphatic rings. The molecule has 0 saturated heterocycles. The van der Waals surface area contributed by atoms with E-state index in [-0.39, 0.29) is 11.3 Å². The van der Waals surface area contributed by atoms with Crippen LogP contribution in [0.15, 0.2) is 42.6 Å². The molecule has 2 rings (SSSR count). The van der Waals surface area contributed by atoms with E-state index in [9.17, 15) is 23.7 Å². The van der Waals surface area contributed by atoms with E-state index >= 15 is 0 Å². The summed E-state index contributed by atoms with van der Waals surface area (Å²) in [5.41, 5.74) is -1.47. The maximum absolute atomic E-state index is 12.8. The second-order valence-electron chi connectivity index (χ2n) is 3.88. The van der Waals surface area contributed by atoms with Crippen molar-refractivity contribution in [3.63, 3.8) is 0 Å². The lowest BCUT2D eigenvalue weighted by Gasteiger charge is -2.05. The number of pyridine rings is 1. The Morgan fingerprint density at radius 1 is 1.25 bits per heavy atom. The Labute approximate surface area is 112 Å². The first kappa shape index (κ1) is 13.7. The molecule has 0 unspecified atom stereocenters. The summed E-state index contributed by atoms with van der Waals surface area (Å²) in [6, 6.07) is 7.50. The van der Waals surface area contributed by atoms with E-state index in [0.717, 1.165) is 18.2 Å². The van der Waals surface area contributed by atoms with Crippen LogP contribution < -0.4 is 0 Å². The molecule has 0 aliphatic heterocycles. The van der Waals surface area contributed by atoms with Gasteiger partial charge >= 0.3 is 0 Å². The Bertz CT molecular complexity index is 660. The van der Waals surface area contributed by atoms with E-state index in [4.69, 9.17) is 0 Å². The number of rotatable bonds is 4. The van der Waals surface area contributed by atoms with Crippen LogP contribution in [0.3, 0.4) is 0 Å². The number of nitro benzene ring substituents is 1. The zero-order chi connectivity index (χ0) is 14.7. The Morgan fingerprint density at radius 2 is 2.00 bits per heavy atom. The van der Waals surface area contributed by atoms with Crippen molar-refractivity contribution < 1.29 is 18.5 Å². The lowest BCUT2D eigenvalue weighted by molar-refractivity contribution is -0.386. The summed E-state index contributed by atoms with van der Waals surface area (Å²) in [6.07, 6.45) is -1.64. The van der Waals surface area contributed by atoms with Gasteiger partial charge in [-0.25, -0.2) is 8.78 Å². The van der Waals surface area contributed by atoms with Crippen LogP contribution in [-0.4, -0.2) is 15.7 Å². The SMILES string of the molecule is O=C(c1ccc([N+](=O)[O-])c(C(F)F)c1)c1ccccn1. The van der Waals surface area contributed by atoms with Crippen LogP contribution in [-0.2, 0) is 0 Å². The predicted molar refractivity (Wildman–Crippen MR) is 65.7 cm³/mol. The van der Waals surface area contributed by atoms with Crippen molar-refractivity contribution in [1.29, 1.82) is 0 Å². The van der Waals surface area contributed by atoms with E-state index in [1.54, 1.807) is 12.1 Å². The smallest absolute Gasteiger partial charge is 0.278 e. The average Bonchev–Trinajstić information content (AvgIpc) is 2.46. The summed E-state index contributed by atoms with van der Waals surface area (Å²) in [7, 11) is 0. The van der Waals surface area contributed by atoms with E-state index in [0.29, 0.717) is 0 Å². The van der Waals surface area contributed by atoms with Crippen molar-refractivity contribution in [1.82, 2.24) is 4.98 Å². The molecule has 2 aromatic rings. The van der Waals surface area contributed by atoms with Crippen molar-refractivity contribution in [2.24, 2.45) is 0 Å². The van der Waals surface area contributed by atoms with Gasteiger partial charge in [0.05, 0.1) is 10.5 Å². The highest BCUT2D eigenvalue weighted by Gasteiger charge is 2.23. The highest BCUT2D eigenvalue weighted by molar-refractivity contribution is 6.07. The van der Waals surface area contributed by atoms with Gasteiger partial charge in [-0.05, 0) is 24.3 Å². The molecule has 0 saturated carbocycles. The van der Waals surface area contributed by atoms with Gasteiger partial charge in [-0.1, -0.05) is 6.07 Å². The Kier molecular flexibility index (Phi) is 3.79. The predicted octanol–water partition coefficient (Wildman–Crippen LogP) is 3.16. The topological polar surface area (TPSA) is 73.1 Å². The minimum absolute atomic E-state index is 0.0652. The number of hydrogen-bond donors (Lipinski definition) is 0. The Hall–Kier alpha value is -2.70. The zero-order valence-corrected chi connectivity index (χ0v) is 9.99. The number of halogens is 2. The quantitative estimate of drug-likeness (QED) is 0.489. The summed E-state index contributed by atoms with van der Waals surface area (Å²) in [4.78, 5) is 25.6. The second kappa shape index (κ2) is 5.52. The van der Waals surface area contributed by atoms with Crippen LogP contribution in [0, 0.1) is 10.1 Å². The largest absolute Gasteiger partial charge is 0.287 e. The van der Waals surface area contributed by atoms with Crippen LogP contribution in [0.4, 0.5) is 14.5 Å². The van der Waals surface area contributed by atoms with Gasteiger partial charge in [0.15, 0.2) is 0 Å². The van der Waals surface area contributed by atoms with Gasteiger partial charge in [-0.2, -0.15) is 0 Å². The van der Waals surface area contributed by atoms with E-state index < -0.39 is 28.4 Å². The number of nitro groups is 1. The molecule has 0 spiro atoms. The monoisotopic (exact) mass is 278 g/mol. The fraction of sp³-hybridized carbons (Fsp3) is 0.0769. The lowest BCUT2D eigenvalue weighted by Crippen LogP contribution is -2.05. The fourth-order valence-corrected chi connectivity index (χ4v) is 1.68. The molecule has 20 heavy (non-hydrogen) atoms. The average molecular weight is 278 g/mol. The first-order valence-electron chi connectivity index (χ1n) is 5.53. The molecule has 0 radical (unpaired) electrons. The van der Waals surface area contributed by atoms with Crippen molar-refractivity contribution >= 4 is 11.5 Å². The number of carbonyl (C=O) groups excluding carboxylic acids is 1. The second-order valence-corrected chi connectivity index (χ2v) is 3.88. The van der Waals surface area contributed by atoms with E-state index in [1.165, 1.54) is 12.3 Å². The Morgan fingerprint density at radius 3 is 2.55 bits per heavy atom. The summed E-state index contributed by atoms with van der Waals surface area (Å²) < 4.78 is 25.6. The minimum atomic E-state index is -3.04. The van der Waals surface area contributed by atoms with Crippen molar-refractivity contribution in [3.05, 3.63) is 69.5 Å². The number of ketones is 1. The van der Waals surface area contributed by atoms with Gasteiger partial charge in [0.1, 0.15) is 5.69 Å². The first-order valence-corrected chi connectivity index (χ1v) is 5.53. The number of alkyl halides is 2. The molecule has 102 valence electrons. The van der Waals surface area contributed by atoms with Gasteiger partial charge in [0, 0.05) is 17.8 Å². The van der Waals surface area contributed by atoms with Gasteiger partial charge in [0.2, 0.25) is 5.78 Å². The number of carbonyl (C=O) groups is 1. The highest BCUT2D eigenvalue weighted by Crippen LogP contribution is 2.30. The minimum Gasteiger partial charge on any atom is -0.287 e. The van der Waals surface area contributed by atoms with Crippen molar-refractivity contribution in [2.45, 2.75) is 6.43 Å². The lowest BCUT2D eigenvalue weighted by atomic mass is 10.0. The molecule has 0 N–H and O–H groups in total. The van der Waals surface area contributed by atoms with Crippen LogP contribution >= 0.6 is 0 Å². The fourth-order valence-electron chi connectivity index (χ4n) is 1.68. The number of nitrogens with zero attached hydrogens (tertiary/aromatic N) is 2. The van der Waals surface area contributed by atoms with Crippen LogP contribution in [0.25, 0.3) is 0 Å². The number of hydrogen-bond acceptors (Lipinski definition) is 4. The molecule has 0 aliphatic carbocycles. The summed E-state index contributed by atoms with van der Waals surface area (Å²) in [5, 5.41) is 10.7. The molecular weight excluding hydrogens is 270 g/mol. The molecule has 0 atom stereocenters. The van der Waals surface area contributed by atoms with Crippen molar-refractivity contribution in [2.75, 3.05) is 0 Å². The van der Waals surface area contributed by atoms with Gasteiger partial charge in [-0.15, -0.1) is 0 Å². The van der Waals surface area contributed by atoms with Gasteiger partial charge < -0.3 is 0 Å². The molecule has 0 bridgehead atoms. The van der Waals surface area contributed by atoms with E-state index in [1.807, 2.05) is 0 Å². The number of aromatic nitrogens is 1. The molecule has 1 aromatic heterocycles. The highest BCUT2D eigenvalue weighted by atomic mass is 19.3. The standard InChI is InChI=1S/C13H8F2N2O3/c14-13(15)9-7-8(4-5-11(9)17(19)20)12(18)10-3-1-2-6-16-10/h1-7,13H.